The summed E-state index contributed by atoms with van der Waals surface area (Å²) in [5.74, 6) is 1.38. The molecule has 0 aliphatic carbocycles. The molecule has 7 nitrogen and oxygen atoms in total. The molecule has 1 atom stereocenters. The summed E-state index contributed by atoms with van der Waals surface area (Å²) in [5.41, 5.74) is 0. The molecule has 1 aromatic rings. The molecule has 0 spiro atoms. The largest absolute Gasteiger partial charge is 0.367 e. The SMILES string of the molecule is CCN1CCOC(c2noc(CN3CCNCC3)n2)C1. The Morgan fingerprint density at radius 3 is 2.90 bits per heavy atom. The maximum absolute atomic E-state index is 5.75. The molecule has 7 heteroatoms. The van der Waals surface area contributed by atoms with E-state index in [9.17, 15) is 0 Å². The minimum Gasteiger partial charge on any atom is -0.367 e. The zero-order chi connectivity index (χ0) is 13.8. The van der Waals surface area contributed by atoms with Crippen LogP contribution in [0.2, 0.25) is 0 Å². The lowest BCUT2D eigenvalue weighted by molar-refractivity contribution is -0.0334. The number of piperazine rings is 1. The van der Waals surface area contributed by atoms with Crippen LogP contribution in [0.4, 0.5) is 0 Å². The molecule has 2 aliphatic heterocycles. The van der Waals surface area contributed by atoms with Crippen LogP contribution in [0.5, 0.6) is 0 Å². The quantitative estimate of drug-likeness (QED) is 0.824. The molecule has 20 heavy (non-hydrogen) atoms. The number of hydrogen-bond acceptors (Lipinski definition) is 7. The smallest absolute Gasteiger partial charge is 0.240 e. The molecular weight excluding hydrogens is 258 g/mol. The topological polar surface area (TPSA) is 66.7 Å². The Morgan fingerprint density at radius 1 is 1.25 bits per heavy atom. The Balaban J connectivity index is 1.58. The van der Waals surface area contributed by atoms with Gasteiger partial charge in [0.1, 0.15) is 6.10 Å². The van der Waals surface area contributed by atoms with Crippen molar-refractivity contribution in [3.05, 3.63) is 11.7 Å². The fourth-order valence-electron chi connectivity index (χ4n) is 2.67. The predicted molar refractivity (Wildman–Crippen MR) is 73.3 cm³/mol. The lowest BCUT2D eigenvalue weighted by Crippen LogP contribution is -2.43. The van der Waals surface area contributed by atoms with Crippen molar-refractivity contribution < 1.29 is 9.26 Å². The van der Waals surface area contributed by atoms with Gasteiger partial charge in [0.05, 0.1) is 13.2 Å². The number of rotatable bonds is 4. The molecule has 2 saturated heterocycles. The average molecular weight is 281 g/mol. The van der Waals surface area contributed by atoms with Gasteiger partial charge in [-0.1, -0.05) is 12.1 Å². The normalized spacial score (nSPS) is 25.9. The van der Waals surface area contributed by atoms with Crippen molar-refractivity contribution in [2.24, 2.45) is 0 Å². The van der Waals surface area contributed by atoms with Crippen LogP contribution in [-0.4, -0.2) is 72.4 Å². The van der Waals surface area contributed by atoms with E-state index in [1.807, 2.05) is 0 Å². The highest BCUT2D eigenvalue weighted by atomic mass is 16.5. The summed E-state index contributed by atoms with van der Waals surface area (Å²) in [4.78, 5) is 9.18. The van der Waals surface area contributed by atoms with Crippen LogP contribution in [0.1, 0.15) is 24.7 Å². The highest BCUT2D eigenvalue weighted by molar-refractivity contribution is 4.94. The lowest BCUT2D eigenvalue weighted by Gasteiger charge is -2.30. The highest BCUT2D eigenvalue weighted by Gasteiger charge is 2.25. The third-order valence-corrected chi connectivity index (χ3v) is 3.94. The van der Waals surface area contributed by atoms with Gasteiger partial charge in [-0.2, -0.15) is 4.98 Å². The molecule has 2 fully saturated rings. The van der Waals surface area contributed by atoms with Gasteiger partial charge >= 0.3 is 0 Å². The van der Waals surface area contributed by atoms with Gasteiger partial charge in [0, 0.05) is 39.3 Å². The maximum atomic E-state index is 5.75. The van der Waals surface area contributed by atoms with E-state index in [0.29, 0.717) is 11.7 Å². The first-order chi connectivity index (χ1) is 9.85. The van der Waals surface area contributed by atoms with E-state index in [1.54, 1.807) is 0 Å². The molecule has 1 aromatic heterocycles. The van der Waals surface area contributed by atoms with Gasteiger partial charge in [-0.25, -0.2) is 0 Å². The molecule has 2 aliphatic rings. The van der Waals surface area contributed by atoms with E-state index in [2.05, 4.69) is 32.2 Å². The predicted octanol–water partition coefficient (Wildman–Crippen LogP) is -0.132. The number of ether oxygens (including phenoxy) is 1. The summed E-state index contributed by atoms with van der Waals surface area (Å²) >= 11 is 0. The Labute approximate surface area is 119 Å². The Bertz CT molecular complexity index is 419. The van der Waals surface area contributed by atoms with Crippen molar-refractivity contribution in [2.75, 3.05) is 52.4 Å². The first-order valence-corrected chi connectivity index (χ1v) is 7.44. The van der Waals surface area contributed by atoms with Crippen molar-refractivity contribution in [1.82, 2.24) is 25.3 Å². The number of aromatic nitrogens is 2. The molecule has 0 aromatic carbocycles. The monoisotopic (exact) mass is 281 g/mol. The summed E-state index contributed by atoms with van der Waals surface area (Å²) < 4.78 is 11.1. The van der Waals surface area contributed by atoms with Crippen LogP contribution < -0.4 is 5.32 Å². The molecule has 1 N–H and O–H groups in total. The summed E-state index contributed by atoms with van der Waals surface area (Å²) in [5, 5.41) is 7.43. The van der Waals surface area contributed by atoms with Gasteiger partial charge < -0.3 is 14.6 Å². The van der Waals surface area contributed by atoms with Crippen LogP contribution in [0, 0.1) is 0 Å². The van der Waals surface area contributed by atoms with Crippen molar-refractivity contribution in [3.63, 3.8) is 0 Å². The number of nitrogens with zero attached hydrogens (tertiary/aromatic N) is 4. The van der Waals surface area contributed by atoms with Gasteiger partial charge in [-0.05, 0) is 6.54 Å². The number of morpholine rings is 1. The van der Waals surface area contributed by atoms with Gasteiger partial charge in [-0.15, -0.1) is 0 Å². The summed E-state index contributed by atoms with van der Waals surface area (Å²) in [6, 6.07) is 0. The second-order valence-electron chi connectivity index (χ2n) is 5.33. The van der Waals surface area contributed by atoms with Gasteiger partial charge in [0.15, 0.2) is 0 Å². The Morgan fingerprint density at radius 2 is 2.10 bits per heavy atom. The van der Waals surface area contributed by atoms with Gasteiger partial charge in [0.25, 0.3) is 0 Å². The molecule has 0 amide bonds. The summed E-state index contributed by atoms with van der Waals surface area (Å²) in [6.07, 6.45) is -0.0516. The van der Waals surface area contributed by atoms with Crippen LogP contribution in [0.25, 0.3) is 0 Å². The highest BCUT2D eigenvalue weighted by Crippen LogP contribution is 2.19. The van der Waals surface area contributed by atoms with E-state index in [0.717, 1.165) is 59.0 Å². The van der Waals surface area contributed by atoms with Gasteiger partial charge in [-0.3, -0.25) is 9.80 Å². The number of likely N-dealkylation sites (N-methyl/N-ethyl adjacent to an activating group) is 1. The molecule has 3 heterocycles. The number of nitrogens with one attached hydrogen (secondary N) is 1. The molecule has 3 rings (SSSR count). The van der Waals surface area contributed by atoms with E-state index >= 15 is 0 Å². The molecule has 0 radical (unpaired) electrons. The van der Waals surface area contributed by atoms with Crippen LogP contribution in [0.3, 0.4) is 0 Å². The van der Waals surface area contributed by atoms with Crippen LogP contribution in [0.15, 0.2) is 4.52 Å². The van der Waals surface area contributed by atoms with Crippen molar-refractivity contribution in [2.45, 2.75) is 19.6 Å². The van der Waals surface area contributed by atoms with E-state index in [-0.39, 0.29) is 6.10 Å². The van der Waals surface area contributed by atoms with Crippen molar-refractivity contribution >= 4 is 0 Å². The number of hydrogen-bond donors (Lipinski definition) is 1. The van der Waals surface area contributed by atoms with E-state index in [1.165, 1.54) is 0 Å². The molecule has 1 unspecified atom stereocenters. The van der Waals surface area contributed by atoms with Crippen molar-refractivity contribution in [3.8, 4) is 0 Å². The summed E-state index contributed by atoms with van der Waals surface area (Å²) in [6.45, 7) is 10.6. The molecule has 0 saturated carbocycles. The first-order valence-electron chi connectivity index (χ1n) is 7.44. The molecule has 112 valence electrons. The third kappa shape index (κ3) is 3.35. The maximum Gasteiger partial charge on any atom is 0.240 e. The minimum absolute atomic E-state index is 0.0516. The zero-order valence-corrected chi connectivity index (χ0v) is 12.0. The Kier molecular flexibility index (Phi) is 4.62. The molecular formula is C13H23N5O2. The van der Waals surface area contributed by atoms with Crippen LogP contribution >= 0.6 is 0 Å². The van der Waals surface area contributed by atoms with E-state index in [4.69, 9.17) is 9.26 Å². The third-order valence-electron chi connectivity index (χ3n) is 3.94. The standard InChI is InChI=1S/C13H23N5O2/c1-2-17-7-8-19-11(9-17)13-15-12(20-16-13)10-18-5-3-14-4-6-18/h11,14H,2-10H2,1H3. The van der Waals surface area contributed by atoms with E-state index < -0.39 is 0 Å². The Hall–Kier alpha value is -1.02. The lowest BCUT2D eigenvalue weighted by atomic mass is 10.2. The summed E-state index contributed by atoms with van der Waals surface area (Å²) in [7, 11) is 0. The zero-order valence-electron chi connectivity index (χ0n) is 12.0. The average Bonchev–Trinajstić information content (AvgIpc) is 2.97. The molecule has 0 bridgehead atoms. The fraction of sp³-hybridized carbons (Fsp3) is 0.846. The second kappa shape index (κ2) is 6.62. The van der Waals surface area contributed by atoms with Crippen molar-refractivity contribution in [1.29, 1.82) is 0 Å². The second-order valence-corrected chi connectivity index (χ2v) is 5.33. The first kappa shape index (κ1) is 13.9. The van der Waals surface area contributed by atoms with Crippen LogP contribution in [-0.2, 0) is 11.3 Å². The fourth-order valence-corrected chi connectivity index (χ4v) is 2.67. The van der Waals surface area contributed by atoms with Gasteiger partial charge in [0.2, 0.25) is 11.7 Å². The minimum atomic E-state index is -0.0516.